The minimum atomic E-state index is -0.336. The fourth-order valence-corrected chi connectivity index (χ4v) is 3.21. The van der Waals surface area contributed by atoms with Crippen molar-refractivity contribution in [2.24, 2.45) is 0 Å². The number of amides is 1. The molecule has 2 heterocycles. The van der Waals surface area contributed by atoms with E-state index in [2.05, 4.69) is 15.5 Å². The van der Waals surface area contributed by atoms with E-state index in [4.69, 9.17) is 9.26 Å². The summed E-state index contributed by atoms with van der Waals surface area (Å²) in [7, 11) is 0. The quantitative estimate of drug-likeness (QED) is 0.709. The van der Waals surface area contributed by atoms with E-state index >= 15 is 0 Å². The molecule has 0 radical (unpaired) electrons. The van der Waals surface area contributed by atoms with Gasteiger partial charge >= 0.3 is 0 Å². The summed E-state index contributed by atoms with van der Waals surface area (Å²) in [5, 5.41) is 9.08. The fourth-order valence-electron chi connectivity index (χ4n) is 2.42. The van der Waals surface area contributed by atoms with Crippen LogP contribution in [0.5, 0.6) is 5.75 Å². The number of aromatic nitrogens is 2. The maximum Gasteiger partial charge on any atom is 0.296 e. The van der Waals surface area contributed by atoms with Crippen LogP contribution in [-0.4, -0.2) is 16.0 Å². The number of hydrogen-bond donors (Lipinski definition) is 1. The molecule has 25 heavy (non-hydrogen) atoms. The number of anilines is 1. The van der Waals surface area contributed by atoms with Crippen molar-refractivity contribution < 1.29 is 14.1 Å². The third-order valence-electron chi connectivity index (χ3n) is 3.96. The third kappa shape index (κ3) is 3.71. The van der Waals surface area contributed by atoms with E-state index < -0.39 is 0 Å². The number of ether oxygens (including phenoxy) is 1. The highest BCUT2D eigenvalue weighted by Gasteiger charge is 2.28. The summed E-state index contributed by atoms with van der Waals surface area (Å²) >= 11 is 1.35. The molecule has 1 aliphatic rings. The van der Waals surface area contributed by atoms with Crippen LogP contribution in [0.4, 0.5) is 5.13 Å². The molecule has 0 spiro atoms. The van der Waals surface area contributed by atoms with Gasteiger partial charge in [0.15, 0.2) is 5.13 Å². The summed E-state index contributed by atoms with van der Waals surface area (Å²) in [6, 6.07) is 11.3. The smallest absolute Gasteiger partial charge is 0.296 e. The minimum absolute atomic E-state index is 0.212. The van der Waals surface area contributed by atoms with Gasteiger partial charge in [-0.1, -0.05) is 23.4 Å². The van der Waals surface area contributed by atoms with Crippen molar-refractivity contribution in [2.75, 3.05) is 5.32 Å². The summed E-state index contributed by atoms with van der Waals surface area (Å²) in [4.78, 5) is 16.7. The Hall–Kier alpha value is -2.67. The van der Waals surface area contributed by atoms with Gasteiger partial charge in [-0.05, 0) is 31.9 Å². The van der Waals surface area contributed by atoms with E-state index in [1.807, 2.05) is 42.6 Å². The van der Waals surface area contributed by atoms with Crippen LogP contribution in [0.2, 0.25) is 0 Å². The van der Waals surface area contributed by atoms with Gasteiger partial charge in [0.2, 0.25) is 5.76 Å². The summed E-state index contributed by atoms with van der Waals surface area (Å²) in [5.41, 5.74) is 1.62. The Morgan fingerprint density at radius 2 is 2.16 bits per heavy atom. The molecule has 0 saturated heterocycles. The van der Waals surface area contributed by atoms with Crippen LogP contribution < -0.4 is 10.1 Å². The van der Waals surface area contributed by atoms with Crippen LogP contribution in [0.3, 0.4) is 0 Å². The predicted molar refractivity (Wildman–Crippen MR) is 94.0 cm³/mol. The Bertz CT molecular complexity index is 871. The van der Waals surface area contributed by atoms with E-state index in [1.54, 1.807) is 6.07 Å². The fraction of sp³-hybridized carbons (Fsp3) is 0.278. The molecular weight excluding hydrogens is 338 g/mol. The molecule has 1 unspecified atom stereocenters. The van der Waals surface area contributed by atoms with Crippen molar-refractivity contribution in [3.8, 4) is 5.75 Å². The van der Waals surface area contributed by atoms with Gasteiger partial charge in [0, 0.05) is 17.4 Å². The van der Waals surface area contributed by atoms with Gasteiger partial charge in [0.25, 0.3) is 5.91 Å². The number of hydrogen-bond acceptors (Lipinski definition) is 6. The summed E-state index contributed by atoms with van der Waals surface area (Å²) in [6.45, 7) is 1.92. The molecule has 0 bridgehead atoms. The summed E-state index contributed by atoms with van der Waals surface area (Å²) in [5.74, 6) is 1.11. The van der Waals surface area contributed by atoms with Crippen molar-refractivity contribution in [1.29, 1.82) is 0 Å². The van der Waals surface area contributed by atoms with Crippen molar-refractivity contribution in [3.63, 3.8) is 0 Å². The van der Waals surface area contributed by atoms with E-state index in [0.29, 0.717) is 11.0 Å². The second-order valence-electron chi connectivity index (χ2n) is 6.00. The molecule has 7 heteroatoms. The third-order valence-corrected chi connectivity index (χ3v) is 4.74. The highest BCUT2D eigenvalue weighted by molar-refractivity contribution is 7.14. The SMILES string of the molecule is CC(Oc1ccccc1)c1csc(NC(=O)c2cc(C3CC3)no2)n1. The zero-order valence-electron chi connectivity index (χ0n) is 13.6. The predicted octanol–water partition coefficient (Wildman–Crippen LogP) is 4.40. The van der Waals surface area contributed by atoms with Crippen LogP contribution in [0, 0.1) is 0 Å². The van der Waals surface area contributed by atoms with Crippen LogP contribution in [0.1, 0.15) is 53.7 Å². The first-order valence-electron chi connectivity index (χ1n) is 8.14. The average molecular weight is 355 g/mol. The Kier molecular flexibility index (Phi) is 4.23. The number of benzene rings is 1. The molecule has 1 saturated carbocycles. The number of nitrogens with zero attached hydrogens (tertiary/aromatic N) is 2. The van der Waals surface area contributed by atoms with E-state index in [0.717, 1.165) is 30.0 Å². The molecule has 1 aliphatic carbocycles. The largest absolute Gasteiger partial charge is 0.484 e. The molecule has 1 amide bonds. The van der Waals surface area contributed by atoms with E-state index in [-0.39, 0.29) is 17.8 Å². The molecular formula is C18H17N3O3S. The second kappa shape index (κ2) is 6.68. The lowest BCUT2D eigenvalue weighted by Crippen LogP contribution is -2.11. The van der Waals surface area contributed by atoms with Gasteiger partial charge in [0.1, 0.15) is 11.9 Å². The number of carbonyl (C=O) groups is 1. The summed E-state index contributed by atoms with van der Waals surface area (Å²) < 4.78 is 11.0. The number of nitrogens with one attached hydrogen (secondary N) is 1. The molecule has 0 aliphatic heterocycles. The van der Waals surface area contributed by atoms with Gasteiger partial charge in [0.05, 0.1) is 11.4 Å². The molecule has 4 rings (SSSR count). The first-order chi connectivity index (χ1) is 12.2. The molecule has 3 aromatic rings. The Morgan fingerprint density at radius 1 is 1.36 bits per heavy atom. The van der Waals surface area contributed by atoms with Crippen molar-refractivity contribution in [3.05, 3.63) is 58.9 Å². The van der Waals surface area contributed by atoms with Gasteiger partial charge in [-0.3, -0.25) is 10.1 Å². The van der Waals surface area contributed by atoms with E-state index in [9.17, 15) is 4.79 Å². The average Bonchev–Trinajstić information content (AvgIpc) is 3.16. The number of thiazole rings is 1. The van der Waals surface area contributed by atoms with Crippen molar-refractivity contribution in [1.82, 2.24) is 10.1 Å². The Labute approximate surface area is 148 Å². The minimum Gasteiger partial charge on any atom is -0.484 e. The zero-order chi connectivity index (χ0) is 17.2. The van der Waals surface area contributed by atoms with Gasteiger partial charge in [-0.25, -0.2) is 4.98 Å². The van der Waals surface area contributed by atoms with Crippen molar-refractivity contribution >= 4 is 22.4 Å². The maximum atomic E-state index is 12.2. The van der Waals surface area contributed by atoms with Gasteiger partial charge < -0.3 is 9.26 Å². The van der Waals surface area contributed by atoms with Crippen LogP contribution in [0.25, 0.3) is 0 Å². The highest BCUT2D eigenvalue weighted by atomic mass is 32.1. The molecule has 128 valence electrons. The highest BCUT2D eigenvalue weighted by Crippen LogP contribution is 2.39. The molecule has 1 atom stereocenters. The number of rotatable bonds is 6. The second-order valence-corrected chi connectivity index (χ2v) is 6.85. The first kappa shape index (κ1) is 15.8. The van der Waals surface area contributed by atoms with Gasteiger partial charge in [-0.2, -0.15) is 0 Å². The van der Waals surface area contributed by atoms with Crippen LogP contribution >= 0.6 is 11.3 Å². The molecule has 1 aromatic carbocycles. The Balaban J connectivity index is 1.39. The summed E-state index contributed by atoms with van der Waals surface area (Å²) in [6.07, 6.45) is 2.02. The number of para-hydroxylation sites is 1. The lowest BCUT2D eigenvalue weighted by molar-refractivity contribution is 0.0987. The molecule has 1 N–H and O–H groups in total. The van der Waals surface area contributed by atoms with Crippen molar-refractivity contribution in [2.45, 2.75) is 31.8 Å². The van der Waals surface area contributed by atoms with Crippen LogP contribution in [-0.2, 0) is 0 Å². The standard InChI is InChI=1S/C18H17N3O3S/c1-11(23-13-5-3-2-4-6-13)15-10-25-18(19-15)20-17(22)16-9-14(21-24-16)12-7-8-12/h2-6,9-12H,7-8H2,1H3,(H,19,20,22). The van der Waals surface area contributed by atoms with E-state index in [1.165, 1.54) is 11.3 Å². The molecule has 6 nitrogen and oxygen atoms in total. The molecule has 2 aromatic heterocycles. The zero-order valence-corrected chi connectivity index (χ0v) is 14.5. The normalized spacial score (nSPS) is 14.9. The number of carbonyl (C=O) groups excluding carboxylic acids is 1. The molecule has 1 fully saturated rings. The van der Waals surface area contributed by atoms with Gasteiger partial charge in [-0.15, -0.1) is 11.3 Å². The topological polar surface area (TPSA) is 77.2 Å². The maximum absolute atomic E-state index is 12.2. The first-order valence-corrected chi connectivity index (χ1v) is 9.02. The lowest BCUT2D eigenvalue weighted by Gasteiger charge is -2.12. The monoisotopic (exact) mass is 355 g/mol. The lowest BCUT2D eigenvalue weighted by atomic mass is 10.2. The Morgan fingerprint density at radius 3 is 2.92 bits per heavy atom. The van der Waals surface area contributed by atoms with Crippen LogP contribution in [0.15, 0.2) is 46.3 Å².